The van der Waals surface area contributed by atoms with Gasteiger partial charge in [0.05, 0.1) is 5.69 Å². The van der Waals surface area contributed by atoms with Crippen LogP contribution in [0, 0.1) is 5.82 Å². The van der Waals surface area contributed by atoms with Crippen LogP contribution in [0.3, 0.4) is 0 Å². The van der Waals surface area contributed by atoms with Crippen molar-refractivity contribution in [3.8, 4) is 11.5 Å². The van der Waals surface area contributed by atoms with Crippen LogP contribution in [0.25, 0.3) is 0 Å². The number of anilines is 1. The minimum Gasteiger partial charge on any atom is -0.457 e. The van der Waals surface area contributed by atoms with Gasteiger partial charge in [0.25, 0.3) is 0 Å². The van der Waals surface area contributed by atoms with Crippen molar-refractivity contribution in [2.45, 2.75) is 26.4 Å². The van der Waals surface area contributed by atoms with E-state index in [-0.39, 0.29) is 11.4 Å². The molecule has 2 aromatic carbocycles. The molecule has 1 amide bonds. The summed E-state index contributed by atoms with van der Waals surface area (Å²) in [4.78, 5) is 15.7. The van der Waals surface area contributed by atoms with E-state index in [0.29, 0.717) is 17.0 Å². The Balaban J connectivity index is 2.14. The fraction of sp³-hybridized carbons (Fsp3) is 0.250. The van der Waals surface area contributed by atoms with Gasteiger partial charge in [-0.1, -0.05) is 12.1 Å². The molecule has 0 aliphatic rings. The molecule has 0 radical (unpaired) electrons. The maximum Gasteiger partial charge on any atom is 0.412 e. The van der Waals surface area contributed by atoms with Crippen molar-refractivity contribution < 1.29 is 18.7 Å². The lowest BCUT2D eigenvalue weighted by Crippen LogP contribution is -2.27. The smallest absolute Gasteiger partial charge is 0.412 e. The molecule has 0 fully saturated rings. The number of carbonyl (C=O) groups excluding carboxylic acids is 1. The molecule has 3 N–H and O–H groups in total. The SMILES string of the molecule is CN=CC(=NN)c1cccc(Oc2ccc(NC(=O)OC(C)(C)C)c(F)c2)c1. The number of nitrogens with zero attached hydrogens (tertiary/aromatic N) is 2. The molecule has 7 nitrogen and oxygen atoms in total. The zero-order chi connectivity index (χ0) is 20.7. The van der Waals surface area contributed by atoms with E-state index in [0.717, 1.165) is 0 Å². The van der Waals surface area contributed by atoms with Crippen molar-refractivity contribution in [3.05, 3.63) is 53.8 Å². The van der Waals surface area contributed by atoms with Gasteiger partial charge in [-0.3, -0.25) is 10.3 Å². The van der Waals surface area contributed by atoms with E-state index in [1.54, 1.807) is 52.1 Å². The molecule has 0 saturated carbocycles. The van der Waals surface area contributed by atoms with E-state index in [9.17, 15) is 9.18 Å². The van der Waals surface area contributed by atoms with Crippen LogP contribution in [0.2, 0.25) is 0 Å². The van der Waals surface area contributed by atoms with Gasteiger partial charge in [-0.25, -0.2) is 9.18 Å². The normalized spacial score (nSPS) is 12.1. The van der Waals surface area contributed by atoms with Gasteiger partial charge in [0, 0.05) is 24.9 Å². The topological polar surface area (TPSA) is 98.3 Å². The van der Waals surface area contributed by atoms with E-state index in [4.69, 9.17) is 15.3 Å². The van der Waals surface area contributed by atoms with Gasteiger partial charge in [0.15, 0.2) is 5.82 Å². The lowest BCUT2D eigenvalue weighted by molar-refractivity contribution is 0.0635. The molecule has 2 rings (SSSR count). The molecule has 0 aliphatic heterocycles. The second-order valence-electron chi connectivity index (χ2n) is 6.80. The summed E-state index contributed by atoms with van der Waals surface area (Å²) < 4.78 is 25.1. The fourth-order valence-corrected chi connectivity index (χ4v) is 2.23. The zero-order valence-corrected chi connectivity index (χ0v) is 16.2. The Labute approximate surface area is 163 Å². The minimum atomic E-state index is -0.737. The first-order valence-electron chi connectivity index (χ1n) is 8.49. The number of hydrogen-bond donors (Lipinski definition) is 2. The minimum absolute atomic E-state index is 0.00735. The number of hydrogen-bond acceptors (Lipinski definition) is 6. The van der Waals surface area contributed by atoms with Crippen molar-refractivity contribution in [1.29, 1.82) is 0 Å². The molecule has 28 heavy (non-hydrogen) atoms. The van der Waals surface area contributed by atoms with E-state index in [2.05, 4.69) is 15.4 Å². The first-order valence-corrected chi connectivity index (χ1v) is 8.49. The number of carbonyl (C=O) groups is 1. The van der Waals surface area contributed by atoms with Gasteiger partial charge in [-0.05, 0) is 45.0 Å². The summed E-state index contributed by atoms with van der Waals surface area (Å²) in [7, 11) is 1.61. The maximum atomic E-state index is 14.3. The molecule has 0 unspecified atom stereocenters. The van der Waals surface area contributed by atoms with Crippen molar-refractivity contribution in [1.82, 2.24) is 0 Å². The highest BCUT2D eigenvalue weighted by Gasteiger charge is 2.17. The Hall–Kier alpha value is -3.42. The highest BCUT2D eigenvalue weighted by molar-refractivity contribution is 6.38. The number of nitrogens with two attached hydrogens (primary N) is 1. The number of aliphatic imine (C=N–C) groups is 1. The van der Waals surface area contributed by atoms with Gasteiger partial charge >= 0.3 is 6.09 Å². The van der Waals surface area contributed by atoms with Crippen LogP contribution >= 0.6 is 0 Å². The molecule has 0 spiro atoms. The Morgan fingerprint density at radius 3 is 2.50 bits per heavy atom. The zero-order valence-electron chi connectivity index (χ0n) is 16.2. The second-order valence-corrected chi connectivity index (χ2v) is 6.80. The first-order chi connectivity index (χ1) is 13.2. The molecule has 0 bridgehead atoms. The van der Waals surface area contributed by atoms with Crippen molar-refractivity contribution in [2.24, 2.45) is 15.9 Å². The summed E-state index contributed by atoms with van der Waals surface area (Å²) in [5.74, 6) is 5.45. The standard InChI is InChI=1S/C20H23FN4O3/c1-20(2,3)28-19(26)24-17-9-8-15(11-16(17)21)27-14-7-5-6-13(10-14)18(25-22)12-23-4/h5-12H,22H2,1-4H3,(H,24,26). The Morgan fingerprint density at radius 2 is 1.89 bits per heavy atom. The van der Waals surface area contributed by atoms with E-state index in [1.165, 1.54) is 24.4 Å². The molecular formula is C20H23FN4O3. The third kappa shape index (κ3) is 6.08. The van der Waals surface area contributed by atoms with E-state index < -0.39 is 17.5 Å². The predicted octanol–water partition coefficient (Wildman–Crippen LogP) is 4.33. The quantitative estimate of drug-likeness (QED) is 0.454. The summed E-state index contributed by atoms with van der Waals surface area (Å²) in [5, 5.41) is 6.04. The maximum absolute atomic E-state index is 14.3. The van der Waals surface area contributed by atoms with Gasteiger partial charge in [0.1, 0.15) is 22.8 Å². The molecule has 2 aromatic rings. The average Bonchev–Trinajstić information content (AvgIpc) is 2.60. The molecule has 0 heterocycles. The van der Waals surface area contributed by atoms with Crippen LogP contribution in [0.1, 0.15) is 26.3 Å². The van der Waals surface area contributed by atoms with Gasteiger partial charge in [-0.15, -0.1) is 0 Å². The second kappa shape index (κ2) is 8.98. The molecule has 0 saturated heterocycles. The fourth-order valence-electron chi connectivity index (χ4n) is 2.23. The van der Waals surface area contributed by atoms with Crippen LogP contribution in [0.15, 0.2) is 52.6 Å². The summed E-state index contributed by atoms with van der Waals surface area (Å²) in [6.45, 7) is 5.17. The van der Waals surface area contributed by atoms with Crippen LogP contribution in [-0.4, -0.2) is 30.7 Å². The van der Waals surface area contributed by atoms with Gasteiger partial charge < -0.3 is 15.3 Å². The molecule has 8 heteroatoms. The third-order valence-electron chi connectivity index (χ3n) is 3.33. The molecule has 0 aliphatic carbocycles. The number of ether oxygens (including phenoxy) is 2. The van der Waals surface area contributed by atoms with Crippen LogP contribution in [-0.2, 0) is 4.74 Å². The average molecular weight is 386 g/mol. The summed E-state index contributed by atoms with van der Waals surface area (Å²) in [5.41, 5.74) is 0.500. The highest BCUT2D eigenvalue weighted by Crippen LogP contribution is 2.26. The number of halogens is 1. The summed E-state index contributed by atoms with van der Waals surface area (Å²) in [6, 6.07) is 11.1. The number of rotatable bonds is 5. The number of hydrazone groups is 1. The van der Waals surface area contributed by atoms with Crippen molar-refractivity contribution >= 4 is 23.7 Å². The summed E-state index contributed by atoms with van der Waals surface area (Å²) in [6.07, 6.45) is 0.787. The molecule has 0 atom stereocenters. The molecule has 148 valence electrons. The number of benzene rings is 2. The molecular weight excluding hydrogens is 363 g/mol. The summed E-state index contributed by atoms with van der Waals surface area (Å²) >= 11 is 0. The van der Waals surface area contributed by atoms with Crippen molar-refractivity contribution in [2.75, 3.05) is 12.4 Å². The largest absolute Gasteiger partial charge is 0.457 e. The van der Waals surface area contributed by atoms with E-state index >= 15 is 0 Å². The van der Waals surface area contributed by atoms with Gasteiger partial charge in [-0.2, -0.15) is 5.10 Å². The number of amides is 1. The van der Waals surface area contributed by atoms with Gasteiger partial charge in [0.2, 0.25) is 0 Å². The van der Waals surface area contributed by atoms with Crippen LogP contribution in [0.5, 0.6) is 11.5 Å². The lowest BCUT2D eigenvalue weighted by atomic mass is 10.1. The third-order valence-corrected chi connectivity index (χ3v) is 3.33. The number of nitrogens with one attached hydrogen (secondary N) is 1. The Morgan fingerprint density at radius 1 is 1.18 bits per heavy atom. The lowest BCUT2D eigenvalue weighted by Gasteiger charge is -2.19. The first kappa shape index (κ1) is 20.9. The Kier molecular flexibility index (Phi) is 6.70. The van der Waals surface area contributed by atoms with Crippen LogP contribution in [0.4, 0.5) is 14.9 Å². The van der Waals surface area contributed by atoms with Crippen LogP contribution < -0.4 is 15.9 Å². The van der Waals surface area contributed by atoms with E-state index in [1.807, 2.05) is 0 Å². The molecule has 0 aromatic heterocycles. The monoisotopic (exact) mass is 386 g/mol. The predicted molar refractivity (Wildman–Crippen MR) is 108 cm³/mol. The highest BCUT2D eigenvalue weighted by atomic mass is 19.1. The van der Waals surface area contributed by atoms with Crippen molar-refractivity contribution in [3.63, 3.8) is 0 Å². The Bertz CT molecular complexity index is 905.